The first-order valence-electron chi connectivity index (χ1n) is 7.43. The van der Waals surface area contributed by atoms with Crippen molar-refractivity contribution in [3.63, 3.8) is 0 Å². The molecule has 4 nitrogen and oxygen atoms in total. The molecular weight excluding hydrogens is 285 g/mol. The number of amides is 1. The molecule has 1 atom stereocenters. The maximum absolute atomic E-state index is 13.3. The number of carboxylic acid groups (broad SMARTS) is 1. The monoisotopic (exact) mass is 305 g/mol. The molecule has 1 aromatic rings. The van der Waals surface area contributed by atoms with Gasteiger partial charge in [-0.3, -0.25) is 4.79 Å². The number of rotatable bonds is 5. The van der Waals surface area contributed by atoms with Crippen molar-refractivity contribution in [2.75, 3.05) is 0 Å². The summed E-state index contributed by atoms with van der Waals surface area (Å²) in [6.07, 6.45) is 6.35. The van der Waals surface area contributed by atoms with Gasteiger partial charge in [-0.1, -0.05) is 23.8 Å². The van der Waals surface area contributed by atoms with Gasteiger partial charge in [0.25, 0.3) is 0 Å². The zero-order chi connectivity index (χ0) is 16.1. The van der Waals surface area contributed by atoms with Gasteiger partial charge in [0.15, 0.2) is 6.04 Å². The topological polar surface area (TPSA) is 66.4 Å². The maximum Gasteiger partial charge on any atom is 0.330 e. The number of carbonyl (C=O) groups is 2. The van der Waals surface area contributed by atoms with Crippen LogP contribution in [0, 0.1) is 12.7 Å². The summed E-state index contributed by atoms with van der Waals surface area (Å²) in [6, 6.07) is 2.90. The Morgan fingerprint density at radius 3 is 2.73 bits per heavy atom. The van der Waals surface area contributed by atoms with Gasteiger partial charge in [-0.15, -0.1) is 0 Å². The van der Waals surface area contributed by atoms with Crippen molar-refractivity contribution < 1.29 is 19.1 Å². The highest BCUT2D eigenvalue weighted by atomic mass is 19.1. The summed E-state index contributed by atoms with van der Waals surface area (Å²) in [7, 11) is 0. The lowest BCUT2D eigenvalue weighted by molar-refractivity contribution is -0.142. The van der Waals surface area contributed by atoms with Crippen LogP contribution in [0.2, 0.25) is 0 Å². The predicted molar refractivity (Wildman–Crippen MR) is 80.8 cm³/mol. The van der Waals surface area contributed by atoms with Crippen molar-refractivity contribution >= 4 is 11.9 Å². The second-order valence-corrected chi connectivity index (χ2v) is 5.63. The summed E-state index contributed by atoms with van der Waals surface area (Å²) in [5, 5.41) is 11.8. The number of benzene rings is 1. The number of nitrogens with one attached hydrogen (secondary N) is 1. The molecule has 0 heterocycles. The minimum absolute atomic E-state index is 0.226. The Morgan fingerprint density at radius 1 is 1.36 bits per heavy atom. The molecule has 0 bridgehead atoms. The zero-order valence-electron chi connectivity index (χ0n) is 12.6. The van der Waals surface area contributed by atoms with Gasteiger partial charge in [0.1, 0.15) is 5.82 Å². The lowest BCUT2D eigenvalue weighted by Crippen LogP contribution is -2.34. The van der Waals surface area contributed by atoms with Crippen molar-refractivity contribution in [3.8, 4) is 0 Å². The van der Waals surface area contributed by atoms with Gasteiger partial charge < -0.3 is 10.4 Å². The number of hydrogen-bond donors (Lipinski definition) is 2. The molecule has 1 aliphatic rings. The van der Waals surface area contributed by atoms with E-state index in [-0.39, 0.29) is 12.3 Å². The van der Waals surface area contributed by atoms with Crippen LogP contribution in [0.3, 0.4) is 0 Å². The summed E-state index contributed by atoms with van der Waals surface area (Å²) in [6.45, 7) is 1.56. The third kappa shape index (κ3) is 4.16. The van der Waals surface area contributed by atoms with E-state index < -0.39 is 17.8 Å². The normalized spacial score (nSPS) is 15.8. The van der Waals surface area contributed by atoms with Gasteiger partial charge in [-0.05, 0) is 49.8 Å². The highest BCUT2D eigenvalue weighted by Gasteiger charge is 2.23. The molecule has 1 amide bonds. The molecule has 5 heteroatoms. The SMILES string of the molecule is Cc1cc(C(NC(=O)CC2=CCCCC2)C(=O)O)ccc1F. The molecule has 2 rings (SSSR count). The lowest BCUT2D eigenvalue weighted by atomic mass is 9.96. The van der Waals surface area contributed by atoms with Crippen LogP contribution in [0.5, 0.6) is 0 Å². The van der Waals surface area contributed by atoms with E-state index in [1.807, 2.05) is 0 Å². The Morgan fingerprint density at radius 2 is 2.14 bits per heavy atom. The Labute approximate surface area is 129 Å². The molecule has 0 fully saturated rings. The molecule has 2 N–H and O–H groups in total. The number of hydrogen-bond acceptors (Lipinski definition) is 2. The summed E-state index contributed by atoms with van der Waals surface area (Å²) < 4.78 is 13.3. The van der Waals surface area contributed by atoms with Gasteiger partial charge in [-0.25, -0.2) is 9.18 Å². The van der Waals surface area contributed by atoms with Crippen LogP contribution >= 0.6 is 0 Å². The van der Waals surface area contributed by atoms with Crippen LogP contribution in [0.25, 0.3) is 0 Å². The van der Waals surface area contributed by atoms with Crippen molar-refractivity contribution in [2.45, 2.75) is 45.1 Å². The second-order valence-electron chi connectivity index (χ2n) is 5.63. The van der Waals surface area contributed by atoms with Crippen LogP contribution in [-0.2, 0) is 9.59 Å². The van der Waals surface area contributed by atoms with E-state index in [9.17, 15) is 19.1 Å². The lowest BCUT2D eigenvalue weighted by Gasteiger charge is -2.17. The molecule has 0 saturated heterocycles. The van der Waals surface area contributed by atoms with Gasteiger partial charge in [0, 0.05) is 6.42 Å². The Kier molecular flexibility index (Phi) is 5.31. The smallest absolute Gasteiger partial charge is 0.330 e. The number of allylic oxidation sites excluding steroid dienone is 1. The van der Waals surface area contributed by atoms with Crippen LogP contribution in [-0.4, -0.2) is 17.0 Å². The van der Waals surface area contributed by atoms with E-state index in [0.717, 1.165) is 31.3 Å². The standard InChI is InChI=1S/C17H20FNO3/c1-11-9-13(7-8-14(11)18)16(17(21)22)19-15(20)10-12-5-3-2-4-6-12/h5,7-9,16H,2-4,6,10H2,1H3,(H,19,20)(H,21,22). The quantitative estimate of drug-likeness (QED) is 0.821. The Balaban J connectivity index is 2.08. The summed E-state index contributed by atoms with van der Waals surface area (Å²) in [5.74, 6) is -1.87. The van der Waals surface area contributed by atoms with Gasteiger partial charge in [-0.2, -0.15) is 0 Å². The highest BCUT2D eigenvalue weighted by Crippen LogP contribution is 2.21. The van der Waals surface area contributed by atoms with E-state index in [1.165, 1.54) is 18.2 Å². The maximum atomic E-state index is 13.3. The first kappa shape index (κ1) is 16.2. The average molecular weight is 305 g/mol. The number of carbonyl (C=O) groups excluding carboxylic acids is 1. The first-order valence-corrected chi connectivity index (χ1v) is 7.43. The Hall–Kier alpha value is -2.17. The third-order valence-corrected chi connectivity index (χ3v) is 3.84. The zero-order valence-corrected chi connectivity index (χ0v) is 12.6. The van der Waals surface area contributed by atoms with Crippen LogP contribution < -0.4 is 5.32 Å². The fourth-order valence-corrected chi connectivity index (χ4v) is 2.62. The Bertz CT molecular complexity index is 610. The molecule has 0 saturated carbocycles. The molecular formula is C17H20FNO3. The molecule has 0 radical (unpaired) electrons. The fourth-order valence-electron chi connectivity index (χ4n) is 2.62. The third-order valence-electron chi connectivity index (χ3n) is 3.84. The summed E-state index contributed by atoms with van der Waals surface area (Å²) in [4.78, 5) is 23.5. The van der Waals surface area contributed by atoms with E-state index >= 15 is 0 Å². The predicted octanol–water partition coefficient (Wildman–Crippen LogP) is 3.27. The first-order chi connectivity index (χ1) is 10.5. The molecule has 1 unspecified atom stereocenters. The number of aliphatic carboxylic acids is 1. The minimum atomic E-state index is -1.16. The molecule has 0 aromatic heterocycles. The molecule has 118 valence electrons. The van der Waals surface area contributed by atoms with Crippen LogP contribution in [0.15, 0.2) is 29.8 Å². The van der Waals surface area contributed by atoms with Crippen molar-refractivity contribution in [3.05, 3.63) is 46.8 Å². The van der Waals surface area contributed by atoms with E-state index in [2.05, 4.69) is 11.4 Å². The molecule has 1 aliphatic carbocycles. The largest absolute Gasteiger partial charge is 0.479 e. The summed E-state index contributed by atoms with van der Waals surface area (Å²) in [5.41, 5.74) is 1.79. The second kappa shape index (κ2) is 7.20. The molecule has 22 heavy (non-hydrogen) atoms. The molecule has 1 aromatic carbocycles. The minimum Gasteiger partial charge on any atom is -0.479 e. The summed E-state index contributed by atoms with van der Waals surface area (Å²) >= 11 is 0. The molecule has 0 spiro atoms. The van der Waals surface area contributed by atoms with Crippen molar-refractivity contribution in [1.29, 1.82) is 0 Å². The van der Waals surface area contributed by atoms with Crippen molar-refractivity contribution in [1.82, 2.24) is 5.32 Å². The van der Waals surface area contributed by atoms with E-state index in [1.54, 1.807) is 6.92 Å². The van der Waals surface area contributed by atoms with Crippen LogP contribution in [0.4, 0.5) is 4.39 Å². The number of carboxylic acids is 1. The van der Waals surface area contributed by atoms with Gasteiger partial charge in [0.05, 0.1) is 0 Å². The number of aryl methyl sites for hydroxylation is 1. The fraction of sp³-hybridized carbons (Fsp3) is 0.412. The van der Waals surface area contributed by atoms with Gasteiger partial charge in [0.2, 0.25) is 5.91 Å². The van der Waals surface area contributed by atoms with Crippen LogP contribution in [0.1, 0.15) is 49.3 Å². The highest BCUT2D eigenvalue weighted by molar-refractivity contribution is 5.85. The van der Waals surface area contributed by atoms with E-state index in [0.29, 0.717) is 11.1 Å². The van der Waals surface area contributed by atoms with E-state index in [4.69, 9.17) is 0 Å². The average Bonchev–Trinajstić information content (AvgIpc) is 2.48. The van der Waals surface area contributed by atoms with Gasteiger partial charge >= 0.3 is 5.97 Å². The number of halogens is 1. The van der Waals surface area contributed by atoms with Crippen molar-refractivity contribution in [2.24, 2.45) is 0 Å². The molecule has 0 aliphatic heterocycles.